The predicted octanol–water partition coefficient (Wildman–Crippen LogP) is -0.435. The molecular formula is C18H27FN3O3S+. The van der Waals surface area contributed by atoms with E-state index in [1.807, 2.05) is 6.92 Å². The molecule has 6 nitrogen and oxygen atoms in total. The van der Waals surface area contributed by atoms with Gasteiger partial charge in [-0.15, -0.1) is 0 Å². The minimum Gasteiger partial charge on any atom is -0.360 e. The van der Waals surface area contributed by atoms with Gasteiger partial charge >= 0.3 is 0 Å². The molecule has 1 aromatic rings. The van der Waals surface area contributed by atoms with Crippen molar-refractivity contribution in [2.75, 3.05) is 49.6 Å². The molecule has 2 aliphatic heterocycles. The van der Waals surface area contributed by atoms with Crippen LogP contribution >= 0.6 is 0 Å². The Morgan fingerprint density at radius 1 is 1.27 bits per heavy atom. The number of sulfone groups is 1. The lowest BCUT2D eigenvalue weighted by Gasteiger charge is -2.37. The molecule has 2 heterocycles. The number of piperazine rings is 1. The molecule has 144 valence electrons. The highest BCUT2D eigenvalue weighted by atomic mass is 32.2. The minimum absolute atomic E-state index is 0.0114. The first-order valence-corrected chi connectivity index (χ1v) is 10.9. The zero-order valence-electron chi connectivity index (χ0n) is 15.3. The number of hydrogen-bond acceptors (Lipinski definition) is 4. The normalized spacial score (nSPS) is 24.4. The van der Waals surface area contributed by atoms with Crippen LogP contribution in [0.25, 0.3) is 0 Å². The van der Waals surface area contributed by atoms with E-state index in [-0.39, 0.29) is 35.3 Å². The molecule has 1 N–H and O–H groups in total. The van der Waals surface area contributed by atoms with Gasteiger partial charge in [-0.3, -0.25) is 4.79 Å². The molecule has 2 saturated heterocycles. The van der Waals surface area contributed by atoms with Gasteiger partial charge in [0.1, 0.15) is 5.82 Å². The molecule has 0 radical (unpaired) electrons. The highest BCUT2D eigenvalue weighted by molar-refractivity contribution is 7.91. The molecule has 0 bridgehead atoms. The molecule has 3 rings (SSSR count). The van der Waals surface area contributed by atoms with Crippen LogP contribution in [0.4, 0.5) is 10.1 Å². The SMILES string of the molecule is C[C@H](C(=O)N(C)[C@H]1CCS(=O)(=O)C1)[NH+]1CCN(c2ccc(F)cc2)CC1. The van der Waals surface area contributed by atoms with Crippen LogP contribution in [0, 0.1) is 5.82 Å². The zero-order chi connectivity index (χ0) is 18.9. The van der Waals surface area contributed by atoms with E-state index in [4.69, 9.17) is 0 Å². The number of amides is 1. The number of anilines is 1. The van der Waals surface area contributed by atoms with E-state index < -0.39 is 9.84 Å². The number of nitrogens with one attached hydrogen (secondary N) is 1. The van der Waals surface area contributed by atoms with Crippen LogP contribution < -0.4 is 9.80 Å². The molecule has 2 fully saturated rings. The monoisotopic (exact) mass is 384 g/mol. The molecule has 2 atom stereocenters. The van der Waals surface area contributed by atoms with Gasteiger partial charge in [-0.1, -0.05) is 0 Å². The zero-order valence-corrected chi connectivity index (χ0v) is 16.1. The van der Waals surface area contributed by atoms with Gasteiger partial charge in [-0.2, -0.15) is 0 Å². The van der Waals surface area contributed by atoms with E-state index in [0.29, 0.717) is 6.42 Å². The lowest BCUT2D eigenvalue weighted by molar-refractivity contribution is -0.915. The summed E-state index contributed by atoms with van der Waals surface area (Å²) in [6.45, 7) is 5.17. The molecular weight excluding hydrogens is 357 g/mol. The number of carbonyl (C=O) groups excluding carboxylic acids is 1. The summed E-state index contributed by atoms with van der Waals surface area (Å²) in [7, 11) is -1.28. The molecule has 0 spiro atoms. The number of halogens is 1. The lowest BCUT2D eigenvalue weighted by Crippen LogP contribution is -3.19. The molecule has 1 amide bonds. The van der Waals surface area contributed by atoms with Crippen molar-refractivity contribution in [2.24, 2.45) is 0 Å². The van der Waals surface area contributed by atoms with E-state index in [0.717, 1.165) is 31.9 Å². The van der Waals surface area contributed by atoms with Crippen LogP contribution in [0.5, 0.6) is 0 Å². The fraction of sp³-hybridized carbons (Fsp3) is 0.611. The van der Waals surface area contributed by atoms with Crippen molar-refractivity contribution in [3.05, 3.63) is 30.1 Å². The second kappa shape index (κ2) is 7.52. The summed E-state index contributed by atoms with van der Waals surface area (Å²) >= 11 is 0. The van der Waals surface area contributed by atoms with Crippen LogP contribution in [0.15, 0.2) is 24.3 Å². The highest BCUT2D eigenvalue weighted by Gasteiger charge is 2.37. The summed E-state index contributed by atoms with van der Waals surface area (Å²) in [6, 6.07) is 6.09. The molecule has 8 heteroatoms. The Labute approximate surface area is 154 Å². The van der Waals surface area contributed by atoms with Crippen molar-refractivity contribution in [3.8, 4) is 0 Å². The number of rotatable bonds is 4. The molecule has 0 aromatic heterocycles. The summed E-state index contributed by atoms with van der Waals surface area (Å²) in [4.78, 5) is 17.8. The van der Waals surface area contributed by atoms with Crippen molar-refractivity contribution in [1.82, 2.24) is 4.90 Å². The largest absolute Gasteiger partial charge is 0.360 e. The Balaban J connectivity index is 1.55. The Bertz CT molecular complexity index is 745. The Morgan fingerprint density at radius 3 is 2.42 bits per heavy atom. The van der Waals surface area contributed by atoms with Gasteiger partial charge < -0.3 is 14.7 Å². The standard InChI is InChI=1S/C18H26FN3O3S/c1-14(18(23)20(2)17-7-12-26(24,25)13-17)21-8-10-22(11-9-21)16-5-3-15(19)4-6-16/h3-6,14,17H,7-13H2,1-2H3/p+1/t14-,17+/m1/s1. The number of nitrogens with zero attached hydrogens (tertiary/aromatic N) is 2. The van der Waals surface area contributed by atoms with Crippen molar-refractivity contribution in [3.63, 3.8) is 0 Å². The summed E-state index contributed by atoms with van der Waals surface area (Å²) in [5.41, 5.74) is 0.998. The third-order valence-corrected chi connectivity index (χ3v) is 7.43. The van der Waals surface area contributed by atoms with Crippen molar-refractivity contribution in [2.45, 2.75) is 25.4 Å². The Kier molecular flexibility index (Phi) is 5.53. The maximum absolute atomic E-state index is 13.1. The first kappa shape index (κ1) is 19.1. The number of quaternary nitrogens is 1. The van der Waals surface area contributed by atoms with Crippen LogP contribution in [0.2, 0.25) is 0 Å². The fourth-order valence-corrected chi connectivity index (χ4v) is 5.65. The third kappa shape index (κ3) is 4.17. The van der Waals surface area contributed by atoms with Crippen LogP contribution in [0.3, 0.4) is 0 Å². The number of carbonyl (C=O) groups is 1. The van der Waals surface area contributed by atoms with E-state index >= 15 is 0 Å². The minimum atomic E-state index is -3.00. The van der Waals surface area contributed by atoms with Gasteiger partial charge in [-0.25, -0.2) is 12.8 Å². The summed E-state index contributed by atoms with van der Waals surface area (Å²) in [5, 5.41) is 0. The molecule has 0 unspecified atom stereocenters. The summed E-state index contributed by atoms with van der Waals surface area (Å²) < 4.78 is 36.4. The first-order chi connectivity index (χ1) is 12.3. The van der Waals surface area contributed by atoms with Gasteiger partial charge in [0.2, 0.25) is 0 Å². The molecule has 0 aliphatic carbocycles. The summed E-state index contributed by atoms with van der Waals surface area (Å²) in [6.07, 6.45) is 0.533. The van der Waals surface area contributed by atoms with Crippen molar-refractivity contribution in [1.29, 1.82) is 0 Å². The Morgan fingerprint density at radius 2 is 1.88 bits per heavy atom. The average molecular weight is 384 g/mol. The molecule has 26 heavy (non-hydrogen) atoms. The van der Waals surface area contributed by atoms with Crippen LogP contribution in [0.1, 0.15) is 13.3 Å². The fourth-order valence-electron chi connectivity index (χ4n) is 3.88. The number of benzene rings is 1. The highest BCUT2D eigenvalue weighted by Crippen LogP contribution is 2.17. The predicted molar refractivity (Wildman–Crippen MR) is 98.6 cm³/mol. The first-order valence-electron chi connectivity index (χ1n) is 9.09. The van der Waals surface area contributed by atoms with Gasteiger partial charge in [0.15, 0.2) is 15.9 Å². The van der Waals surface area contributed by atoms with E-state index in [2.05, 4.69) is 4.90 Å². The molecule has 0 saturated carbocycles. The number of likely N-dealkylation sites (N-methyl/N-ethyl adjacent to an activating group) is 1. The third-order valence-electron chi connectivity index (χ3n) is 5.68. The van der Waals surface area contributed by atoms with Gasteiger partial charge in [0.25, 0.3) is 5.91 Å². The second-order valence-electron chi connectivity index (χ2n) is 7.35. The second-order valence-corrected chi connectivity index (χ2v) is 9.58. The summed E-state index contributed by atoms with van der Waals surface area (Å²) in [5.74, 6) is 0.0224. The maximum atomic E-state index is 13.1. The van der Waals surface area contributed by atoms with Gasteiger partial charge in [0, 0.05) is 18.8 Å². The van der Waals surface area contributed by atoms with Crippen molar-refractivity contribution < 1.29 is 22.5 Å². The van der Waals surface area contributed by atoms with Crippen molar-refractivity contribution >= 4 is 21.4 Å². The number of hydrogen-bond donors (Lipinski definition) is 1. The van der Waals surface area contributed by atoms with E-state index in [9.17, 15) is 17.6 Å². The van der Waals surface area contributed by atoms with Gasteiger partial charge in [0.05, 0.1) is 37.7 Å². The lowest BCUT2D eigenvalue weighted by atomic mass is 10.1. The van der Waals surface area contributed by atoms with Crippen LogP contribution in [-0.2, 0) is 14.6 Å². The van der Waals surface area contributed by atoms with Gasteiger partial charge in [-0.05, 0) is 37.6 Å². The van der Waals surface area contributed by atoms with E-state index in [1.54, 1.807) is 24.1 Å². The smallest absolute Gasteiger partial charge is 0.280 e. The Hall–Kier alpha value is -1.67. The molecule has 2 aliphatic rings. The average Bonchev–Trinajstić information content (AvgIpc) is 3.00. The molecule has 1 aromatic carbocycles. The van der Waals surface area contributed by atoms with Crippen LogP contribution in [-0.4, -0.2) is 76.0 Å². The topological polar surface area (TPSA) is 62.1 Å². The quantitative estimate of drug-likeness (QED) is 0.765. The van der Waals surface area contributed by atoms with E-state index in [1.165, 1.54) is 17.0 Å². The maximum Gasteiger partial charge on any atom is 0.280 e.